The van der Waals surface area contributed by atoms with Crippen LogP contribution in [-0.2, 0) is 10.0 Å². The fourth-order valence-electron chi connectivity index (χ4n) is 4.50. The standard InChI is InChI=1S/C25H34N4O3S/c1-21(12-15-27-16-18-28(19-17-27)23-9-3-2-4-10-23)26-25(30)22-8-7-11-24(20-22)33(31,32)29-13-5-6-14-29/h2-4,7-11,20-21H,5-6,12-19H2,1H3,(H,26,30)/t21-/m0/s1. The number of amides is 1. The molecule has 0 spiro atoms. The summed E-state index contributed by atoms with van der Waals surface area (Å²) in [6.07, 6.45) is 2.62. The number of carbonyl (C=O) groups excluding carboxylic acids is 1. The van der Waals surface area contributed by atoms with Crippen LogP contribution in [0.2, 0.25) is 0 Å². The lowest BCUT2D eigenvalue weighted by Gasteiger charge is -2.36. The lowest BCUT2D eigenvalue weighted by Crippen LogP contribution is -2.47. The van der Waals surface area contributed by atoms with Crippen molar-refractivity contribution < 1.29 is 13.2 Å². The Hall–Kier alpha value is -2.42. The Balaban J connectivity index is 1.25. The quantitative estimate of drug-likeness (QED) is 0.642. The number of hydrogen-bond acceptors (Lipinski definition) is 5. The number of benzene rings is 2. The largest absolute Gasteiger partial charge is 0.369 e. The highest BCUT2D eigenvalue weighted by atomic mass is 32.2. The van der Waals surface area contributed by atoms with E-state index in [2.05, 4.69) is 39.4 Å². The van der Waals surface area contributed by atoms with E-state index in [9.17, 15) is 13.2 Å². The Morgan fingerprint density at radius 3 is 2.33 bits per heavy atom. The first-order valence-corrected chi connectivity index (χ1v) is 13.3. The van der Waals surface area contributed by atoms with Gasteiger partial charge in [0.25, 0.3) is 5.91 Å². The molecule has 2 heterocycles. The predicted octanol–water partition coefficient (Wildman–Crippen LogP) is 2.80. The van der Waals surface area contributed by atoms with Crippen molar-refractivity contribution in [2.45, 2.75) is 37.1 Å². The minimum absolute atomic E-state index is 0.00324. The van der Waals surface area contributed by atoms with E-state index < -0.39 is 10.0 Å². The fraction of sp³-hybridized carbons (Fsp3) is 0.480. The second kappa shape index (κ2) is 10.7. The zero-order valence-electron chi connectivity index (χ0n) is 19.3. The molecule has 33 heavy (non-hydrogen) atoms. The van der Waals surface area contributed by atoms with E-state index in [4.69, 9.17) is 0 Å². The van der Waals surface area contributed by atoms with Crippen LogP contribution in [0.5, 0.6) is 0 Å². The molecular formula is C25H34N4O3S. The molecule has 7 nitrogen and oxygen atoms in total. The lowest BCUT2D eigenvalue weighted by molar-refractivity contribution is 0.0935. The Labute approximate surface area is 197 Å². The molecule has 0 unspecified atom stereocenters. The topological polar surface area (TPSA) is 73.0 Å². The minimum atomic E-state index is -3.53. The van der Waals surface area contributed by atoms with Gasteiger partial charge < -0.3 is 10.2 Å². The summed E-state index contributed by atoms with van der Waals surface area (Å²) < 4.78 is 27.1. The number of hydrogen-bond donors (Lipinski definition) is 1. The van der Waals surface area contributed by atoms with Crippen molar-refractivity contribution in [3.8, 4) is 0 Å². The van der Waals surface area contributed by atoms with E-state index in [0.29, 0.717) is 18.7 Å². The average Bonchev–Trinajstić information content (AvgIpc) is 3.40. The van der Waals surface area contributed by atoms with Gasteiger partial charge in [-0.15, -0.1) is 0 Å². The molecule has 4 rings (SSSR count). The third-order valence-electron chi connectivity index (χ3n) is 6.55. The Morgan fingerprint density at radius 2 is 1.64 bits per heavy atom. The third kappa shape index (κ3) is 5.93. The van der Waals surface area contributed by atoms with Gasteiger partial charge in [-0.2, -0.15) is 4.31 Å². The van der Waals surface area contributed by atoms with Gasteiger partial charge in [0.1, 0.15) is 0 Å². The average molecular weight is 471 g/mol. The molecule has 2 aromatic rings. The Kier molecular flexibility index (Phi) is 7.67. The molecule has 0 radical (unpaired) electrons. The van der Waals surface area contributed by atoms with E-state index in [-0.39, 0.29) is 16.8 Å². The Bertz CT molecular complexity index is 1030. The van der Waals surface area contributed by atoms with Gasteiger partial charge in [0.2, 0.25) is 10.0 Å². The normalized spacial score (nSPS) is 18.9. The molecule has 0 aromatic heterocycles. The lowest BCUT2D eigenvalue weighted by atomic mass is 10.1. The SMILES string of the molecule is C[C@@H](CCN1CCN(c2ccccc2)CC1)NC(=O)c1cccc(S(=O)(=O)N2CCCC2)c1. The van der Waals surface area contributed by atoms with Crippen molar-refractivity contribution in [2.75, 3.05) is 50.7 Å². The molecule has 2 fully saturated rings. The maximum atomic E-state index is 12.8. The van der Waals surface area contributed by atoms with Gasteiger partial charge in [0.15, 0.2) is 0 Å². The first-order valence-electron chi connectivity index (χ1n) is 11.9. The van der Waals surface area contributed by atoms with E-state index in [1.165, 1.54) is 16.1 Å². The summed E-state index contributed by atoms with van der Waals surface area (Å²) >= 11 is 0. The summed E-state index contributed by atoms with van der Waals surface area (Å²) in [5, 5.41) is 3.03. The van der Waals surface area contributed by atoms with E-state index in [1.807, 2.05) is 13.0 Å². The molecule has 2 aliphatic heterocycles. The van der Waals surface area contributed by atoms with Crippen LogP contribution >= 0.6 is 0 Å². The number of nitrogens with one attached hydrogen (secondary N) is 1. The van der Waals surface area contributed by atoms with Crippen LogP contribution in [-0.4, -0.2) is 75.4 Å². The van der Waals surface area contributed by atoms with Crippen molar-refractivity contribution in [3.63, 3.8) is 0 Å². The summed E-state index contributed by atoms with van der Waals surface area (Å²) in [6.45, 7) is 8.05. The molecule has 1 amide bonds. The number of carbonyl (C=O) groups is 1. The number of para-hydroxylation sites is 1. The van der Waals surface area contributed by atoms with E-state index in [1.54, 1.807) is 18.2 Å². The van der Waals surface area contributed by atoms with Crippen molar-refractivity contribution in [1.29, 1.82) is 0 Å². The van der Waals surface area contributed by atoms with Crippen LogP contribution in [0.4, 0.5) is 5.69 Å². The Morgan fingerprint density at radius 1 is 0.939 bits per heavy atom. The third-order valence-corrected chi connectivity index (χ3v) is 8.44. The highest BCUT2D eigenvalue weighted by Crippen LogP contribution is 2.22. The first-order chi connectivity index (χ1) is 15.9. The molecule has 178 valence electrons. The second-order valence-electron chi connectivity index (χ2n) is 8.97. The smallest absolute Gasteiger partial charge is 0.251 e. The summed E-state index contributed by atoms with van der Waals surface area (Å²) in [6, 6.07) is 16.9. The maximum absolute atomic E-state index is 12.8. The summed E-state index contributed by atoms with van der Waals surface area (Å²) in [4.78, 5) is 17.8. The van der Waals surface area contributed by atoms with Crippen LogP contribution in [0.25, 0.3) is 0 Å². The van der Waals surface area contributed by atoms with Gasteiger partial charge in [-0.25, -0.2) is 8.42 Å². The molecule has 0 aliphatic carbocycles. The van der Waals surface area contributed by atoms with Crippen LogP contribution in [0.1, 0.15) is 36.5 Å². The number of rotatable bonds is 8. The minimum Gasteiger partial charge on any atom is -0.369 e. The van der Waals surface area contributed by atoms with Gasteiger partial charge in [-0.3, -0.25) is 9.69 Å². The fourth-order valence-corrected chi connectivity index (χ4v) is 6.06. The molecule has 0 saturated carbocycles. The molecule has 0 bridgehead atoms. The van der Waals surface area contributed by atoms with Crippen molar-refractivity contribution in [3.05, 3.63) is 60.2 Å². The number of nitrogens with zero attached hydrogens (tertiary/aromatic N) is 3. The molecule has 1 N–H and O–H groups in total. The first kappa shape index (κ1) is 23.7. The van der Waals surface area contributed by atoms with Crippen molar-refractivity contribution in [1.82, 2.24) is 14.5 Å². The summed E-state index contributed by atoms with van der Waals surface area (Å²) in [5.74, 6) is -0.227. The van der Waals surface area contributed by atoms with Crippen molar-refractivity contribution >= 4 is 21.6 Å². The molecule has 2 aromatic carbocycles. The number of piperazine rings is 1. The molecule has 8 heteroatoms. The van der Waals surface area contributed by atoms with Gasteiger partial charge in [0, 0.05) is 63.1 Å². The van der Waals surface area contributed by atoms with Gasteiger partial charge in [-0.1, -0.05) is 24.3 Å². The van der Waals surface area contributed by atoms with Crippen LogP contribution in [0.15, 0.2) is 59.5 Å². The number of sulfonamides is 1. The zero-order chi connectivity index (χ0) is 23.3. The predicted molar refractivity (Wildman–Crippen MR) is 131 cm³/mol. The van der Waals surface area contributed by atoms with E-state index in [0.717, 1.165) is 52.0 Å². The summed E-state index contributed by atoms with van der Waals surface area (Å²) in [5.41, 5.74) is 1.66. The molecule has 2 aliphatic rings. The molecular weight excluding hydrogens is 436 g/mol. The molecule has 1 atom stereocenters. The van der Waals surface area contributed by atoms with Gasteiger partial charge in [-0.05, 0) is 56.5 Å². The van der Waals surface area contributed by atoms with Crippen molar-refractivity contribution in [2.24, 2.45) is 0 Å². The highest BCUT2D eigenvalue weighted by molar-refractivity contribution is 7.89. The second-order valence-corrected chi connectivity index (χ2v) is 10.9. The van der Waals surface area contributed by atoms with E-state index >= 15 is 0 Å². The number of anilines is 1. The maximum Gasteiger partial charge on any atom is 0.251 e. The van der Waals surface area contributed by atoms with Crippen LogP contribution in [0, 0.1) is 0 Å². The summed E-state index contributed by atoms with van der Waals surface area (Å²) in [7, 11) is -3.53. The molecule has 2 saturated heterocycles. The zero-order valence-corrected chi connectivity index (χ0v) is 20.1. The highest BCUT2D eigenvalue weighted by Gasteiger charge is 2.27. The van der Waals surface area contributed by atoms with Gasteiger partial charge >= 0.3 is 0 Å². The monoisotopic (exact) mass is 470 g/mol. The van der Waals surface area contributed by atoms with Crippen LogP contribution < -0.4 is 10.2 Å². The van der Waals surface area contributed by atoms with Crippen LogP contribution in [0.3, 0.4) is 0 Å². The van der Waals surface area contributed by atoms with Gasteiger partial charge in [0.05, 0.1) is 4.90 Å².